The Morgan fingerprint density at radius 2 is 2.29 bits per heavy atom. The fraction of sp³-hybridized carbons (Fsp3) is 0.636. The van der Waals surface area contributed by atoms with Crippen molar-refractivity contribution >= 4 is 9.04 Å². The molecule has 14 heavy (non-hydrogen) atoms. The van der Waals surface area contributed by atoms with E-state index in [0.717, 1.165) is 18.6 Å². The molecular weight excluding hydrogens is 192 g/mol. The van der Waals surface area contributed by atoms with E-state index in [4.69, 9.17) is 9.16 Å². The van der Waals surface area contributed by atoms with Crippen molar-refractivity contribution in [3.63, 3.8) is 0 Å². The first kappa shape index (κ1) is 11.4. The lowest BCUT2D eigenvalue weighted by molar-refractivity contribution is 0.342. The van der Waals surface area contributed by atoms with Crippen molar-refractivity contribution in [1.82, 2.24) is 0 Å². The maximum atomic E-state index is 5.36. The fourth-order valence-electron chi connectivity index (χ4n) is 1.21. The standard InChI is InChI=1S/C11H17O2Si/c1-14(2)13-10-6-9-12-11-7-4-3-5-8-11/h7H,3-5,8,10H2,1-2H3. The Bertz CT molecular complexity index is 248. The summed E-state index contributed by atoms with van der Waals surface area (Å²) in [6.45, 7) is 4.68. The maximum Gasteiger partial charge on any atom is 0.206 e. The molecule has 77 valence electrons. The van der Waals surface area contributed by atoms with Crippen molar-refractivity contribution in [2.75, 3.05) is 6.61 Å². The van der Waals surface area contributed by atoms with E-state index in [-0.39, 0.29) is 0 Å². The van der Waals surface area contributed by atoms with Gasteiger partial charge in [0.1, 0.15) is 11.9 Å². The van der Waals surface area contributed by atoms with Gasteiger partial charge in [-0.1, -0.05) is 0 Å². The summed E-state index contributed by atoms with van der Waals surface area (Å²) < 4.78 is 10.7. The number of hydrogen-bond donors (Lipinski definition) is 0. The van der Waals surface area contributed by atoms with Crippen LogP contribution in [0, 0.1) is 12.0 Å². The lowest BCUT2D eigenvalue weighted by Crippen LogP contribution is -2.07. The summed E-state index contributed by atoms with van der Waals surface area (Å²) in [7, 11) is -0.612. The van der Waals surface area contributed by atoms with E-state index in [1.807, 2.05) is 0 Å². The minimum absolute atomic E-state index is 0.495. The molecule has 1 rings (SSSR count). The molecule has 0 aromatic rings. The van der Waals surface area contributed by atoms with Gasteiger partial charge in [-0.25, -0.2) is 0 Å². The Hall–Kier alpha value is -0.723. The van der Waals surface area contributed by atoms with E-state index in [0.29, 0.717) is 6.61 Å². The van der Waals surface area contributed by atoms with Gasteiger partial charge in [-0.05, 0) is 44.4 Å². The van der Waals surface area contributed by atoms with Crippen LogP contribution in [0.5, 0.6) is 0 Å². The van der Waals surface area contributed by atoms with Crippen molar-refractivity contribution in [2.24, 2.45) is 0 Å². The molecule has 0 saturated carbocycles. The molecule has 0 aliphatic heterocycles. The Morgan fingerprint density at radius 3 is 2.93 bits per heavy atom. The quantitative estimate of drug-likeness (QED) is 0.525. The lowest BCUT2D eigenvalue weighted by Gasteiger charge is -2.08. The molecule has 0 atom stereocenters. The van der Waals surface area contributed by atoms with Crippen LogP contribution >= 0.6 is 0 Å². The van der Waals surface area contributed by atoms with Crippen LogP contribution in [0.4, 0.5) is 0 Å². The lowest BCUT2D eigenvalue weighted by atomic mass is 10.1. The highest BCUT2D eigenvalue weighted by atomic mass is 28.3. The first-order valence-corrected chi connectivity index (χ1v) is 7.46. The van der Waals surface area contributed by atoms with Gasteiger partial charge in [0.05, 0.1) is 6.61 Å². The molecule has 3 heteroatoms. The molecule has 0 aromatic heterocycles. The van der Waals surface area contributed by atoms with Crippen LogP contribution < -0.4 is 0 Å². The van der Waals surface area contributed by atoms with Gasteiger partial charge in [-0.2, -0.15) is 0 Å². The van der Waals surface area contributed by atoms with Gasteiger partial charge in [0.25, 0.3) is 0 Å². The number of rotatable bonds is 3. The highest BCUT2D eigenvalue weighted by Gasteiger charge is 2.02. The van der Waals surface area contributed by atoms with E-state index >= 15 is 0 Å². The van der Waals surface area contributed by atoms with Crippen molar-refractivity contribution in [3.05, 3.63) is 11.8 Å². The van der Waals surface area contributed by atoms with Crippen molar-refractivity contribution in [1.29, 1.82) is 0 Å². The van der Waals surface area contributed by atoms with E-state index < -0.39 is 9.04 Å². The zero-order valence-corrected chi connectivity index (χ0v) is 9.93. The van der Waals surface area contributed by atoms with E-state index in [1.165, 1.54) is 12.8 Å². The first-order chi connectivity index (χ1) is 6.79. The van der Waals surface area contributed by atoms with Crippen molar-refractivity contribution in [2.45, 2.75) is 38.8 Å². The number of hydrogen-bond acceptors (Lipinski definition) is 2. The zero-order chi connectivity index (χ0) is 10.2. The van der Waals surface area contributed by atoms with E-state index in [2.05, 4.69) is 31.2 Å². The summed E-state index contributed by atoms with van der Waals surface area (Å²) >= 11 is 0. The van der Waals surface area contributed by atoms with Crippen LogP contribution in [0.2, 0.25) is 13.1 Å². The predicted molar refractivity (Wildman–Crippen MR) is 58.8 cm³/mol. The summed E-state index contributed by atoms with van der Waals surface area (Å²) in [5.74, 6) is 3.88. The molecular formula is C11H17O2Si. The molecule has 0 heterocycles. The van der Waals surface area contributed by atoms with Crippen LogP contribution in [0.25, 0.3) is 0 Å². The molecule has 0 bridgehead atoms. The molecule has 1 aliphatic rings. The Kier molecular flexibility index (Phi) is 5.42. The molecule has 0 amide bonds. The molecule has 0 unspecified atom stereocenters. The Balaban J connectivity index is 2.15. The molecule has 2 nitrogen and oxygen atoms in total. The van der Waals surface area contributed by atoms with Crippen LogP contribution in [0.15, 0.2) is 11.8 Å². The maximum absolute atomic E-state index is 5.36. The average molecular weight is 209 g/mol. The summed E-state index contributed by atoms with van der Waals surface area (Å²) in [5.41, 5.74) is 0. The minimum Gasteiger partial charge on any atom is -0.412 e. The van der Waals surface area contributed by atoms with Crippen molar-refractivity contribution < 1.29 is 9.16 Å². The Labute approximate surface area is 88.0 Å². The van der Waals surface area contributed by atoms with Gasteiger partial charge in [-0.3, -0.25) is 0 Å². The largest absolute Gasteiger partial charge is 0.412 e. The summed E-state index contributed by atoms with van der Waals surface area (Å²) in [6, 6.07) is 0. The third kappa shape index (κ3) is 5.10. The molecule has 0 fully saturated rings. The van der Waals surface area contributed by atoms with Crippen LogP contribution in [0.3, 0.4) is 0 Å². The zero-order valence-electron chi connectivity index (χ0n) is 8.93. The first-order valence-electron chi connectivity index (χ1n) is 5.06. The summed E-state index contributed by atoms with van der Waals surface area (Å²) in [6.07, 6.45) is 9.48. The number of ether oxygens (including phenoxy) is 1. The molecule has 0 aromatic carbocycles. The topological polar surface area (TPSA) is 18.5 Å². The van der Waals surface area contributed by atoms with Gasteiger partial charge in [0.15, 0.2) is 0 Å². The average Bonchev–Trinajstić information content (AvgIpc) is 2.18. The molecule has 1 radical (unpaired) electrons. The molecule has 0 spiro atoms. The minimum atomic E-state index is -0.612. The highest BCUT2D eigenvalue weighted by Crippen LogP contribution is 2.17. The third-order valence-corrected chi connectivity index (χ3v) is 2.66. The number of allylic oxidation sites excluding steroid dienone is 2. The highest BCUT2D eigenvalue weighted by molar-refractivity contribution is 6.48. The smallest absolute Gasteiger partial charge is 0.206 e. The second-order valence-electron chi connectivity index (χ2n) is 3.49. The monoisotopic (exact) mass is 209 g/mol. The second kappa shape index (κ2) is 6.69. The van der Waals surface area contributed by atoms with Gasteiger partial charge < -0.3 is 9.16 Å². The van der Waals surface area contributed by atoms with Gasteiger partial charge in [-0.15, -0.1) is 0 Å². The van der Waals surface area contributed by atoms with Crippen molar-refractivity contribution in [3.8, 4) is 12.0 Å². The molecule has 0 N–H and O–H groups in total. The predicted octanol–water partition coefficient (Wildman–Crippen LogP) is 2.69. The van der Waals surface area contributed by atoms with Crippen LogP contribution in [0.1, 0.15) is 25.7 Å². The van der Waals surface area contributed by atoms with Gasteiger partial charge in [0.2, 0.25) is 9.04 Å². The van der Waals surface area contributed by atoms with Gasteiger partial charge >= 0.3 is 0 Å². The second-order valence-corrected chi connectivity index (χ2v) is 5.60. The third-order valence-electron chi connectivity index (χ3n) is 1.94. The molecule has 1 aliphatic carbocycles. The van der Waals surface area contributed by atoms with E-state index in [1.54, 1.807) is 0 Å². The normalized spacial score (nSPS) is 15.8. The summed E-state index contributed by atoms with van der Waals surface area (Å²) in [4.78, 5) is 0. The van der Waals surface area contributed by atoms with Crippen LogP contribution in [-0.4, -0.2) is 15.6 Å². The molecule has 0 saturated heterocycles. The summed E-state index contributed by atoms with van der Waals surface area (Å²) in [5, 5.41) is 0. The Morgan fingerprint density at radius 1 is 1.43 bits per heavy atom. The van der Waals surface area contributed by atoms with E-state index in [9.17, 15) is 0 Å². The fourth-order valence-corrected chi connectivity index (χ4v) is 1.57. The SMILES string of the molecule is C[Si](C)OCC#COC1=CCCCC1. The van der Waals surface area contributed by atoms with Gasteiger partial charge in [0, 0.05) is 6.42 Å². The van der Waals surface area contributed by atoms with Crippen LogP contribution in [-0.2, 0) is 9.16 Å².